The van der Waals surface area contributed by atoms with Crippen LogP contribution < -0.4 is 0 Å². The highest BCUT2D eigenvalue weighted by atomic mass is 19.1. The maximum atomic E-state index is 13.4. The zero-order chi connectivity index (χ0) is 16.9. The van der Waals surface area contributed by atoms with Crippen molar-refractivity contribution in [2.24, 2.45) is 0 Å². The Bertz CT molecular complexity index is 575. The molecule has 1 unspecified atom stereocenters. The average molecular weight is 336 g/mol. The van der Waals surface area contributed by atoms with E-state index < -0.39 is 5.82 Å². The summed E-state index contributed by atoms with van der Waals surface area (Å²) in [6, 6.07) is 4.11. The maximum absolute atomic E-state index is 13.4. The van der Waals surface area contributed by atoms with Crippen LogP contribution in [0.1, 0.15) is 24.8 Å². The van der Waals surface area contributed by atoms with Gasteiger partial charge in [0.2, 0.25) is 5.91 Å². The van der Waals surface area contributed by atoms with Crippen molar-refractivity contribution in [1.29, 1.82) is 0 Å². The molecule has 1 atom stereocenters. The summed E-state index contributed by atoms with van der Waals surface area (Å²) < 4.78 is 19.3. The third-order valence-electron chi connectivity index (χ3n) is 4.73. The van der Waals surface area contributed by atoms with Crippen molar-refractivity contribution in [2.45, 2.75) is 31.8 Å². The predicted molar refractivity (Wildman–Crippen MR) is 88.4 cm³/mol. The molecule has 5 nitrogen and oxygen atoms in total. The Kier molecular flexibility index (Phi) is 5.68. The number of likely N-dealkylation sites (tertiary alicyclic amines) is 1. The number of phenolic OH excluding ortho intramolecular Hbond substituents is 1. The summed E-state index contributed by atoms with van der Waals surface area (Å²) >= 11 is 0. The third kappa shape index (κ3) is 4.45. The van der Waals surface area contributed by atoms with Crippen molar-refractivity contribution in [1.82, 2.24) is 9.80 Å². The lowest BCUT2D eigenvalue weighted by atomic mass is 10.1. The Labute approximate surface area is 142 Å². The number of phenols is 1. The van der Waals surface area contributed by atoms with Crippen LogP contribution in [0.2, 0.25) is 0 Å². The van der Waals surface area contributed by atoms with Crippen LogP contribution in [0, 0.1) is 5.82 Å². The van der Waals surface area contributed by atoms with E-state index in [4.69, 9.17) is 4.74 Å². The van der Waals surface area contributed by atoms with E-state index in [1.54, 1.807) is 6.07 Å². The highest BCUT2D eigenvalue weighted by Crippen LogP contribution is 2.18. The SMILES string of the molecule is O=C(Cc1ccc(O)c(F)c1)N1CCCOC(CN2CCCC2)C1. The van der Waals surface area contributed by atoms with Gasteiger partial charge in [0, 0.05) is 26.2 Å². The zero-order valence-corrected chi connectivity index (χ0v) is 13.9. The van der Waals surface area contributed by atoms with E-state index in [1.807, 2.05) is 4.90 Å². The summed E-state index contributed by atoms with van der Waals surface area (Å²) in [5, 5.41) is 9.24. The van der Waals surface area contributed by atoms with Gasteiger partial charge in [-0.05, 0) is 50.0 Å². The van der Waals surface area contributed by atoms with Crippen LogP contribution >= 0.6 is 0 Å². The van der Waals surface area contributed by atoms with E-state index in [2.05, 4.69) is 4.90 Å². The van der Waals surface area contributed by atoms with Crippen molar-refractivity contribution in [3.63, 3.8) is 0 Å². The third-order valence-corrected chi connectivity index (χ3v) is 4.73. The molecule has 132 valence electrons. The Morgan fingerprint density at radius 3 is 2.79 bits per heavy atom. The Hall–Kier alpha value is -1.66. The van der Waals surface area contributed by atoms with E-state index in [0.717, 1.165) is 26.1 Å². The molecule has 2 heterocycles. The lowest BCUT2D eigenvalue weighted by Crippen LogP contribution is -2.42. The van der Waals surface area contributed by atoms with Gasteiger partial charge < -0.3 is 19.6 Å². The number of nitrogens with zero attached hydrogens (tertiary/aromatic N) is 2. The smallest absolute Gasteiger partial charge is 0.227 e. The number of hydrogen-bond donors (Lipinski definition) is 1. The van der Waals surface area contributed by atoms with E-state index in [1.165, 1.54) is 25.0 Å². The van der Waals surface area contributed by atoms with E-state index in [0.29, 0.717) is 25.3 Å². The van der Waals surface area contributed by atoms with Crippen molar-refractivity contribution in [2.75, 3.05) is 39.3 Å². The number of amides is 1. The minimum Gasteiger partial charge on any atom is -0.505 e. The van der Waals surface area contributed by atoms with Crippen LogP contribution in [0.4, 0.5) is 4.39 Å². The molecule has 0 bridgehead atoms. The minimum absolute atomic E-state index is 0.0167. The molecule has 1 aromatic carbocycles. The molecule has 2 fully saturated rings. The summed E-state index contributed by atoms with van der Waals surface area (Å²) in [6.07, 6.45) is 3.50. The monoisotopic (exact) mass is 336 g/mol. The Balaban J connectivity index is 1.58. The molecule has 1 amide bonds. The molecule has 3 rings (SSSR count). The maximum Gasteiger partial charge on any atom is 0.227 e. The quantitative estimate of drug-likeness (QED) is 0.911. The molecule has 2 aliphatic rings. The molecule has 0 saturated carbocycles. The summed E-state index contributed by atoms with van der Waals surface area (Å²) in [6.45, 7) is 5.04. The van der Waals surface area contributed by atoms with Gasteiger partial charge in [0.1, 0.15) is 0 Å². The Morgan fingerprint density at radius 1 is 1.25 bits per heavy atom. The first-order chi connectivity index (χ1) is 11.6. The molecule has 1 N–H and O–H groups in total. The molecule has 0 spiro atoms. The first-order valence-corrected chi connectivity index (χ1v) is 8.71. The molecule has 0 radical (unpaired) electrons. The molecule has 1 aromatic rings. The average Bonchev–Trinajstić information content (AvgIpc) is 2.95. The number of benzene rings is 1. The fourth-order valence-electron chi connectivity index (χ4n) is 3.43. The fourth-order valence-corrected chi connectivity index (χ4v) is 3.43. The summed E-state index contributed by atoms with van der Waals surface area (Å²) in [7, 11) is 0. The summed E-state index contributed by atoms with van der Waals surface area (Å²) in [4.78, 5) is 16.8. The lowest BCUT2D eigenvalue weighted by Gasteiger charge is -2.27. The molecule has 0 aliphatic carbocycles. The standard InChI is InChI=1S/C18H25FN2O3/c19-16-10-14(4-5-17(16)22)11-18(23)21-8-3-9-24-15(13-21)12-20-6-1-2-7-20/h4-5,10,15,22H,1-3,6-9,11-13H2. The Morgan fingerprint density at radius 2 is 2.04 bits per heavy atom. The van der Waals surface area contributed by atoms with Gasteiger partial charge in [0.05, 0.1) is 12.5 Å². The first kappa shape index (κ1) is 17.2. The number of ether oxygens (including phenoxy) is 1. The van der Waals surface area contributed by atoms with Crippen LogP contribution in [0.25, 0.3) is 0 Å². The van der Waals surface area contributed by atoms with Gasteiger partial charge in [0.25, 0.3) is 0 Å². The first-order valence-electron chi connectivity index (χ1n) is 8.71. The second kappa shape index (κ2) is 7.94. The number of carbonyl (C=O) groups excluding carboxylic acids is 1. The number of aromatic hydroxyl groups is 1. The lowest BCUT2D eigenvalue weighted by molar-refractivity contribution is -0.131. The largest absolute Gasteiger partial charge is 0.505 e. The zero-order valence-electron chi connectivity index (χ0n) is 13.9. The number of rotatable bonds is 4. The molecule has 6 heteroatoms. The highest BCUT2D eigenvalue weighted by Gasteiger charge is 2.25. The summed E-state index contributed by atoms with van der Waals surface area (Å²) in [5.74, 6) is -1.09. The van der Waals surface area contributed by atoms with E-state index in [-0.39, 0.29) is 24.2 Å². The molecular formula is C18H25FN2O3. The van der Waals surface area contributed by atoms with Crippen molar-refractivity contribution < 1.29 is 19.0 Å². The highest BCUT2D eigenvalue weighted by molar-refractivity contribution is 5.78. The molecule has 24 heavy (non-hydrogen) atoms. The van der Waals surface area contributed by atoms with Gasteiger partial charge in [0.15, 0.2) is 11.6 Å². The normalized spacial score (nSPS) is 22.5. The summed E-state index contributed by atoms with van der Waals surface area (Å²) in [5.41, 5.74) is 0.580. The van der Waals surface area contributed by atoms with Crippen LogP contribution in [0.3, 0.4) is 0 Å². The molecular weight excluding hydrogens is 311 g/mol. The van der Waals surface area contributed by atoms with Gasteiger partial charge in [-0.25, -0.2) is 4.39 Å². The van der Waals surface area contributed by atoms with Gasteiger partial charge >= 0.3 is 0 Å². The van der Waals surface area contributed by atoms with Crippen molar-refractivity contribution >= 4 is 5.91 Å². The topological polar surface area (TPSA) is 53.0 Å². The van der Waals surface area contributed by atoms with Crippen molar-refractivity contribution in [3.05, 3.63) is 29.6 Å². The van der Waals surface area contributed by atoms with Gasteiger partial charge in [-0.3, -0.25) is 4.79 Å². The van der Waals surface area contributed by atoms with E-state index >= 15 is 0 Å². The van der Waals surface area contributed by atoms with E-state index in [9.17, 15) is 14.3 Å². The molecule has 0 aromatic heterocycles. The van der Waals surface area contributed by atoms with Crippen molar-refractivity contribution in [3.8, 4) is 5.75 Å². The number of carbonyl (C=O) groups is 1. The molecule has 2 saturated heterocycles. The number of halogens is 1. The van der Waals surface area contributed by atoms with Crippen LogP contribution in [0.15, 0.2) is 18.2 Å². The van der Waals surface area contributed by atoms with Gasteiger partial charge in [-0.2, -0.15) is 0 Å². The van der Waals surface area contributed by atoms with Gasteiger partial charge in [-0.1, -0.05) is 6.07 Å². The second-order valence-corrected chi connectivity index (χ2v) is 6.66. The second-order valence-electron chi connectivity index (χ2n) is 6.66. The fraction of sp³-hybridized carbons (Fsp3) is 0.611. The van der Waals surface area contributed by atoms with Crippen LogP contribution in [0.5, 0.6) is 5.75 Å². The van der Waals surface area contributed by atoms with Crippen LogP contribution in [-0.4, -0.2) is 66.2 Å². The number of hydrogen-bond acceptors (Lipinski definition) is 4. The predicted octanol–water partition coefficient (Wildman–Crippen LogP) is 1.79. The van der Waals surface area contributed by atoms with Gasteiger partial charge in [-0.15, -0.1) is 0 Å². The molecule has 2 aliphatic heterocycles. The minimum atomic E-state index is -0.689. The van der Waals surface area contributed by atoms with Crippen LogP contribution in [-0.2, 0) is 16.0 Å².